The van der Waals surface area contributed by atoms with Crippen LogP contribution in [0.5, 0.6) is 5.75 Å². The van der Waals surface area contributed by atoms with Gasteiger partial charge in [-0.25, -0.2) is 9.11 Å². The van der Waals surface area contributed by atoms with E-state index in [4.69, 9.17) is 4.74 Å². The number of nitrogens with zero attached hydrogens (tertiary/aromatic N) is 2. The second-order valence-electron chi connectivity index (χ2n) is 9.94. The molecule has 1 atom stereocenters. The van der Waals surface area contributed by atoms with Crippen molar-refractivity contribution < 1.29 is 22.3 Å². The summed E-state index contributed by atoms with van der Waals surface area (Å²) in [5.74, 6) is -1.04. The van der Waals surface area contributed by atoms with Crippen LogP contribution in [0.1, 0.15) is 65.1 Å². The van der Waals surface area contributed by atoms with Crippen molar-refractivity contribution in [1.82, 2.24) is 13.9 Å². The van der Waals surface area contributed by atoms with Gasteiger partial charge in [0.15, 0.2) is 0 Å². The minimum Gasteiger partial charge on any atom is -0.489 e. The zero-order chi connectivity index (χ0) is 24.6. The lowest BCUT2D eigenvalue weighted by molar-refractivity contribution is 0.0832. The van der Waals surface area contributed by atoms with Crippen LogP contribution in [-0.4, -0.2) is 55.8 Å². The second kappa shape index (κ2) is 9.87. The molecule has 2 saturated heterocycles. The van der Waals surface area contributed by atoms with Crippen molar-refractivity contribution in [3.8, 4) is 5.75 Å². The fourth-order valence-corrected chi connectivity index (χ4v) is 5.92. The number of hydrogen-bond acceptors (Lipinski definition) is 5. The number of piperidine rings is 1. The molecule has 5 rings (SSSR count). The van der Waals surface area contributed by atoms with Gasteiger partial charge in [0.2, 0.25) is 0 Å². The number of benzene rings is 2. The Balaban J connectivity index is 1.29. The second-order valence-corrected chi connectivity index (χ2v) is 11.6. The minimum atomic E-state index is -3.94. The highest BCUT2D eigenvalue weighted by molar-refractivity contribution is 7.87. The van der Waals surface area contributed by atoms with E-state index < -0.39 is 21.9 Å². The van der Waals surface area contributed by atoms with Gasteiger partial charge in [-0.05, 0) is 68.7 Å². The van der Waals surface area contributed by atoms with Gasteiger partial charge in [0.1, 0.15) is 17.7 Å². The maximum atomic E-state index is 15.0. The lowest BCUT2D eigenvalue weighted by Crippen LogP contribution is -2.49. The number of ether oxygens (including phenoxy) is 1. The number of amides is 1. The normalized spacial score (nSPS) is 21.4. The molecular formula is C26H32FN3O4S. The smallest absolute Gasteiger partial charge is 0.304 e. The molecule has 35 heavy (non-hydrogen) atoms. The summed E-state index contributed by atoms with van der Waals surface area (Å²) < 4.78 is 49.1. The van der Waals surface area contributed by atoms with Gasteiger partial charge in [-0.15, -0.1) is 0 Å². The predicted octanol–water partition coefficient (Wildman–Crippen LogP) is 3.74. The predicted molar refractivity (Wildman–Crippen MR) is 131 cm³/mol. The SMILES string of the molecule is Cc1ccc(CN2CCCC(Oc3cc(F)c(C(=O)NS(=O)(=O)N4CCC4)cc3C3CC3)C2)cc1. The van der Waals surface area contributed by atoms with Gasteiger partial charge in [-0.3, -0.25) is 9.69 Å². The molecule has 3 fully saturated rings. The number of carbonyl (C=O) groups excluding carboxylic acids is 1. The molecule has 2 heterocycles. The van der Waals surface area contributed by atoms with Gasteiger partial charge in [0.05, 0.1) is 5.56 Å². The van der Waals surface area contributed by atoms with Crippen LogP contribution in [0.2, 0.25) is 0 Å². The third kappa shape index (κ3) is 5.68. The van der Waals surface area contributed by atoms with E-state index in [0.717, 1.165) is 57.3 Å². The number of hydrogen-bond donors (Lipinski definition) is 1. The van der Waals surface area contributed by atoms with Crippen molar-refractivity contribution in [1.29, 1.82) is 0 Å². The Bertz CT molecular complexity index is 1190. The molecule has 1 aliphatic carbocycles. The third-order valence-electron chi connectivity index (χ3n) is 7.02. The van der Waals surface area contributed by atoms with Crippen LogP contribution in [0.25, 0.3) is 0 Å². The van der Waals surface area contributed by atoms with E-state index in [2.05, 4.69) is 36.1 Å². The molecule has 2 aromatic rings. The Labute approximate surface area is 206 Å². The standard InChI is InChI=1S/C26H32FN3O4S/c1-18-5-7-19(8-6-18)16-29-11-2-4-21(17-29)34-25-15-24(27)23(14-22(25)20-9-10-20)26(31)28-35(32,33)30-12-3-13-30/h5-8,14-15,20-21H,2-4,9-13,16-17H2,1H3,(H,28,31). The highest BCUT2D eigenvalue weighted by Gasteiger charge is 2.33. The van der Waals surface area contributed by atoms with E-state index in [1.165, 1.54) is 27.6 Å². The number of carbonyl (C=O) groups is 1. The van der Waals surface area contributed by atoms with Gasteiger partial charge >= 0.3 is 10.2 Å². The Morgan fingerprint density at radius 1 is 1.09 bits per heavy atom. The number of halogens is 1. The first-order valence-corrected chi connectivity index (χ1v) is 13.8. The van der Waals surface area contributed by atoms with Crippen molar-refractivity contribution in [3.63, 3.8) is 0 Å². The fraction of sp³-hybridized carbons (Fsp3) is 0.500. The van der Waals surface area contributed by atoms with Crippen molar-refractivity contribution in [2.24, 2.45) is 0 Å². The Kier molecular flexibility index (Phi) is 6.83. The molecule has 0 bridgehead atoms. The van der Waals surface area contributed by atoms with Gasteiger partial charge in [0.25, 0.3) is 5.91 Å². The highest BCUT2D eigenvalue weighted by atomic mass is 32.2. The molecule has 1 amide bonds. The molecule has 1 unspecified atom stereocenters. The van der Waals surface area contributed by atoms with Gasteiger partial charge in [-0.2, -0.15) is 12.7 Å². The Hall–Kier alpha value is -2.49. The summed E-state index contributed by atoms with van der Waals surface area (Å²) >= 11 is 0. The lowest BCUT2D eigenvalue weighted by atomic mass is 10.0. The topological polar surface area (TPSA) is 79.0 Å². The van der Waals surface area contributed by atoms with E-state index in [9.17, 15) is 13.2 Å². The van der Waals surface area contributed by atoms with E-state index in [-0.39, 0.29) is 17.6 Å². The van der Waals surface area contributed by atoms with Gasteiger partial charge in [0, 0.05) is 32.2 Å². The summed E-state index contributed by atoms with van der Waals surface area (Å²) in [6, 6.07) is 11.3. The molecule has 188 valence electrons. The Morgan fingerprint density at radius 2 is 1.83 bits per heavy atom. The monoisotopic (exact) mass is 501 g/mol. The summed E-state index contributed by atoms with van der Waals surface area (Å²) in [4.78, 5) is 15.0. The molecule has 2 aromatic carbocycles. The van der Waals surface area contributed by atoms with Crippen LogP contribution < -0.4 is 9.46 Å². The summed E-state index contributed by atoms with van der Waals surface area (Å²) in [6.07, 6.45) is 4.44. The third-order valence-corrected chi connectivity index (χ3v) is 8.51. The molecule has 1 saturated carbocycles. The number of likely N-dealkylation sites (tertiary alicyclic amines) is 1. The van der Waals surface area contributed by atoms with Gasteiger partial charge in [-0.1, -0.05) is 29.8 Å². The van der Waals surface area contributed by atoms with Crippen LogP contribution in [-0.2, 0) is 16.8 Å². The van der Waals surface area contributed by atoms with Crippen molar-refractivity contribution in [2.45, 2.75) is 57.6 Å². The largest absolute Gasteiger partial charge is 0.489 e. The first kappa shape index (κ1) is 24.2. The zero-order valence-corrected chi connectivity index (χ0v) is 20.8. The number of rotatable bonds is 8. The van der Waals surface area contributed by atoms with E-state index >= 15 is 4.39 Å². The maximum Gasteiger partial charge on any atom is 0.304 e. The van der Waals surface area contributed by atoms with Crippen LogP contribution in [0.15, 0.2) is 36.4 Å². The highest BCUT2D eigenvalue weighted by Crippen LogP contribution is 2.45. The van der Waals surface area contributed by atoms with Crippen molar-refractivity contribution in [2.75, 3.05) is 26.2 Å². The lowest BCUT2D eigenvalue weighted by Gasteiger charge is -2.33. The average molecular weight is 502 g/mol. The van der Waals surface area contributed by atoms with Crippen LogP contribution in [0.4, 0.5) is 4.39 Å². The average Bonchev–Trinajstić information content (AvgIpc) is 3.59. The van der Waals surface area contributed by atoms with Crippen molar-refractivity contribution in [3.05, 3.63) is 64.5 Å². The van der Waals surface area contributed by atoms with Crippen LogP contribution >= 0.6 is 0 Å². The van der Waals surface area contributed by atoms with E-state index in [1.54, 1.807) is 0 Å². The van der Waals surface area contributed by atoms with E-state index in [1.807, 2.05) is 4.72 Å². The summed E-state index contributed by atoms with van der Waals surface area (Å²) in [7, 11) is -3.94. The molecule has 2 aliphatic heterocycles. The molecule has 0 aromatic heterocycles. The Morgan fingerprint density at radius 3 is 2.49 bits per heavy atom. The minimum absolute atomic E-state index is 0.0717. The molecule has 0 radical (unpaired) electrons. The van der Waals surface area contributed by atoms with Crippen molar-refractivity contribution >= 4 is 16.1 Å². The molecular weight excluding hydrogens is 469 g/mol. The summed E-state index contributed by atoms with van der Waals surface area (Å²) in [5, 5.41) is 0. The number of aryl methyl sites for hydroxylation is 1. The quantitative estimate of drug-likeness (QED) is 0.596. The molecule has 7 nitrogen and oxygen atoms in total. The molecule has 1 N–H and O–H groups in total. The van der Waals surface area contributed by atoms with Crippen LogP contribution in [0, 0.1) is 12.7 Å². The van der Waals surface area contributed by atoms with Crippen LogP contribution in [0.3, 0.4) is 0 Å². The zero-order valence-electron chi connectivity index (χ0n) is 20.0. The molecule has 3 aliphatic rings. The van der Waals surface area contributed by atoms with E-state index in [0.29, 0.717) is 18.8 Å². The molecule has 9 heteroatoms. The summed E-state index contributed by atoms with van der Waals surface area (Å²) in [5.41, 5.74) is 3.02. The number of nitrogens with one attached hydrogen (secondary N) is 1. The van der Waals surface area contributed by atoms with Gasteiger partial charge < -0.3 is 4.74 Å². The maximum absolute atomic E-state index is 15.0. The summed E-state index contributed by atoms with van der Waals surface area (Å²) in [6.45, 7) is 5.39. The first-order valence-electron chi connectivity index (χ1n) is 12.4. The first-order chi connectivity index (χ1) is 16.8. The molecule has 0 spiro atoms. The fourth-order valence-electron chi connectivity index (χ4n) is 4.71.